The van der Waals surface area contributed by atoms with Crippen molar-refractivity contribution in [1.82, 2.24) is 5.32 Å². The largest absolute Gasteiger partial charge is 0.313 e. The summed E-state index contributed by atoms with van der Waals surface area (Å²) in [6.07, 6.45) is 3.50. The Balaban J connectivity index is 2.32. The Morgan fingerprint density at radius 2 is 2.36 bits per heavy atom. The number of fused-ring (bicyclic) bond motifs is 1. The second-order valence-electron chi connectivity index (χ2n) is 3.45. The number of thiophene rings is 1. The van der Waals surface area contributed by atoms with Crippen molar-refractivity contribution in [2.45, 2.75) is 19.3 Å². The topological polar surface area (TPSA) is 29.1 Å². The van der Waals surface area contributed by atoms with Gasteiger partial charge in [-0.15, -0.1) is 11.3 Å². The second kappa shape index (κ2) is 4.13. The molecule has 0 radical (unpaired) electrons. The average molecular weight is 274 g/mol. The summed E-state index contributed by atoms with van der Waals surface area (Å²) in [5.41, 5.74) is 1.37. The van der Waals surface area contributed by atoms with Crippen LogP contribution in [-0.4, -0.2) is 19.4 Å². The van der Waals surface area contributed by atoms with Gasteiger partial charge in [-0.2, -0.15) is 0 Å². The minimum Gasteiger partial charge on any atom is -0.313 e. The molecule has 1 aromatic heterocycles. The number of likely N-dealkylation sites (N-methyl/N-ethyl adjacent to an activating group) is 1. The standard InChI is InChI=1S/C10H12BrNOS/c1-12-5-7(13)10-9(11)6-3-2-4-8(6)14-10/h12H,2-5H2,1H3. The van der Waals surface area contributed by atoms with E-state index in [1.807, 2.05) is 0 Å². The fourth-order valence-corrected chi connectivity index (χ4v) is 4.04. The number of rotatable bonds is 3. The number of hydrogen-bond acceptors (Lipinski definition) is 3. The number of ketones is 1. The van der Waals surface area contributed by atoms with Gasteiger partial charge in [0.25, 0.3) is 0 Å². The first-order valence-electron chi connectivity index (χ1n) is 4.72. The maximum atomic E-state index is 11.7. The van der Waals surface area contributed by atoms with Crippen molar-refractivity contribution in [2.24, 2.45) is 0 Å². The van der Waals surface area contributed by atoms with Crippen LogP contribution in [0.5, 0.6) is 0 Å². The first-order chi connectivity index (χ1) is 6.74. The predicted molar refractivity (Wildman–Crippen MR) is 62.3 cm³/mol. The zero-order chi connectivity index (χ0) is 10.1. The van der Waals surface area contributed by atoms with Gasteiger partial charge in [0.05, 0.1) is 11.4 Å². The molecule has 0 unspecified atom stereocenters. The normalized spacial score (nSPS) is 14.4. The van der Waals surface area contributed by atoms with Crippen LogP contribution in [0.1, 0.15) is 26.5 Å². The lowest BCUT2D eigenvalue weighted by atomic mass is 10.2. The Hall–Kier alpha value is -0.190. The maximum absolute atomic E-state index is 11.7. The predicted octanol–water partition coefficient (Wildman–Crippen LogP) is 2.40. The number of aryl methyl sites for hydroxylation is 1. The molecule has 0 amide bonds. The molecule has 1 aromatic rings. The van der Waals surface area contributed by atoms with Crippen LogP contribution in [0.15, 0.2) is 4.47 Å². The lowest BCUT2D eigenvalue weighted by molar-refractivity contribution is 0.0996. The summed E-state index contributed by atoms with van der Waals surface area (Å²) < 4.78 is 1.05. The fraction of sp³-hybridized carbons (Fsp3) is 0.500. The summed E-state index contributed by atoms with van der Waals surface area (Å²) in [6, 6.07) is 0. The maximum Gasteiger partial charge on any atom is 0.187 e. The van der Waals surface area contributed by atoms with Gasteiger partial charge in [-0.05, 0) is 47.8 Å². The van der Waals surface area contributed by atoms with Crippen LogP contribution < -0.4 is 5.32 Å². The van der Waals surface area contributed by atoms with Gasteiger partial charge in [0.15, 0.2) is 5.78 Å². The third kappa shape index (κ3) is 1.66. The molecular formula is C10H12BrNOS. The van der Waals surface area contributed by atoms with Crippen molar-refractivity contribution >= 4 is 33.0 Å². The molecule has 0 saturated carbocycles. The molecule has 4 heteroatoms. The molecule has 0 fully saturated rings. The monoisotopic (exact) mass is 273 g/mol. The van der Waals surface area contributed by atoms with E-state index in [1.165, 1.54) is 16.9 Å². The summed E-state index contributed by atoms with van der Waals surface area (Å²) >= 11 is 5.19. The van der Waals surface area contributed by atoms with E-state index < -0.39 is 0 Å². The summed E-state index contributed by atoms with van der Waals surface area (Å²) in [6.45, 7) is 0.429. The fourth-order valence-electron chi connectivity index (χ4n) is 1.79. The van der Waals surface area contributed by atoms with E-state index in [0.717, 1.165) is 22.2 Å². The van der Waals surface area contributed by atoms with Gasteiger partial charge in [0, 0.05) is 9.35 Å². The van der Waals surface area contributed by atoms with E-state index in [9.17, 15) is 4.79 Å². The molecule has 2 nitrogen and oxygen atoms in total. The van der Waals surface area contributed by atoms with Crippen molar-refractivity contribution < 1.29 is 4.79 Å². The van der Waals surface area contributed by atoms with Crippen molar-refractivity contribution in [3.05, 3.63) is 19.8 Å². The molecule has 2 rings (SSSR count). The van der Waals surface area contributed by atoms with Crippen LogP contribution in [0.4, 0.5) is 0 Å². The van der Waals surface area contributed by atoms with E-state index in [2.05, 4.69) is 21.2 Å². The van der Waals surface area contributed by atoms with Crippen molar-refractivity contribution in [3.8, 4) is 0 Å². The first-order valence-corrected chi connectivity index (χ1v) is 6.33. The van der Waals surface area contributed by atoms with Crippen LogP contribution in [-0.2, 0) is 12.8 Å². The average Bonchev–Trinajstić information content (AvgIpc) is 2.69. The Morgan fingerprint density at radius 3 is 3.00 bits per heavy atom. The van der Waals surface area contributed by atoms with E-state index in [-0.39, 0.29) is 5.78 Å². The van der Waals surface area contributed by atoms with Gasteiger partial charge < -0.3 is 5.32 Å². The quantitative estimate of drug-likeness (QED) is 0.857. The van der Waals surface area contributed by atoms with Crippen LogP contribution in [0, 0.1) is 0 Å². The molecule has 1 aliphatic carbocycles. The lowest BCUT2D eigenvalue weighted by Crippen LogP contribution is -2.17. The second-order valence-corrected chi connectivity index (χ2v) is 5.35. The third-order valence-corrected chi connectivity index (χ3v) is 4.92. The smallest absolute Gasteiger partial charge is 0.187 e. The molecular weight excluding hydrogens is 262 g/mol. The van der Waals surface area contributed by atoms with Gasteiger partial charge in [0.1, 0.15) is 0 Å². The van der Waals surface area contributed by atoms with Gasteiger partial charge >= 0.3 is 0 Å². The summed E-state index contributed by atoms with van der Waals surface area (Å²) in [7, 11) is 1.80. The minimum atomic E-state index is 0.193. The van der Waals surface area contributed by atoms with Gasteiger partial charge in [-0.25, -0.2) is 0 Å². The Kier molecular flexibility index (Phi) is 3.04. The van der Waals surface area contributed by atoms with Crippen molar-refractivity contribution in [1.29, 1.82) is 0 Å². The molecule has 0 atom stereocenters. The highest BCUT2D eigenvalue weighted by Crippen LogP contribution is 2.38. The van der Waals surface area contributed by atoms with Crippen LogP contribution in [0.25, 0.3) is 0 Å². The molecule has 0 saturated heterocycles. The minimum absolute atomic E-state index is 0.193. The summed E-state index contributed by atoms with van der Waals surface area (Å²) in [4.78, 5) is 14.0. The molecule has 1 N–H and O–H groups in total. The molecule has 1 aliphatic rings. The highest BCUT2D eigenvalue weighted by atomic mass is 79.9. The van der Waals surface area contributed by atoms with Gasteiger partial charge in [0.2, 0.25) is 0 Å². The van der Waals surface area contributed by atoms with Crippen LogP contribution in [0.2, 0.25) is 0 Å². The summed E-state index contributed by atoms with van der Waals surface area (Å²) in [5, 5.41) is 2.89. The van der Waals surface area contributed by atoms with Gasteiger partial charge in [-0.1, -0.05) is 0 Å². The van der Waals surface area contributed by atoms with E-state index >= 15 is 0 Å². The number of nitrogens with one attached hydrogen (secondary N) is 1. The number of carbonyl (C=O) groups excluding carboxylic acids is 1. The number of hydrogen-bond donors (Lipinski definition) is 1. The van der Waals surface area contributed by atoms with E-state index in [0.29, 0.717) is 6.54 Å². The molecule has 0 spiro atoms. The molecule has 0 aliphatic heterocycles. The molecule has 1 heterocycles. The molecule has 14 heavy (non-hydrogen) atoms. The number of Topliss-reactive ketones (excluding diaryl/α,β-unsaturated/α-hetero) is 1. The molecule has 0 aromatic carbocycles. The zero-order valence-electron chi connectivity index (χ0n) is 8.02. The third-order valence-electron chi connectivity index (χ3n) is 2.45. The Labute approximate surface area is 95.8 Å². The van der Waals surface area contributed by atoms with E-state index in [1.54, 1.807) is 18.4 Å². The highest BCUT2D eigenvalue weighted by Gasteiger charge is 2.23. The zero-order valence-corrected chi connectivity index (χ0v) is 10.4. The van der Waals surface area contributed by atoms with Crippen molar-refractivity contribution in [3.63, 3.8) is 0 Å². The van der Waals surface area contributed by atoms with Gasteiger partial charge in [-0.3, -0.25) is 4.79 Å². The molecule has 0 bridgehead atoms. The SMILES string of the molecule is CNCC(=O)c1sc2c(c1Br)CCC2. The lowest BCUT2D eigenvalue weighted by Gasteiger charge is -1.98. The number of carbonyl (C=O) groups is 1. The van der Waals surface area contributed by atoms with Crippen LogP contribution in [0.3, 0.4) is 0 Å². The van der Waals surface area contributed by atoms with Crippen molar-refractivity contribution in [2.75, 3.05) is 13.6 Å². The van der Waals surface area contributed by atoms with Crippen LogP contribution >= 0.6 is 27.3 Å². The Bertz CT molecular complexity index is 372. The summed E-state index contributed by atoms with van der Waals surface area (Å²) in [5.74, 6) is 0.193. The molecule has 76 valence electrons. The Morgan fingerprint density at radius 1 is 1.57 bits per heavy atom. The number of halogens is 1. The van der Waals surface area contributed by atoms with E-state index in [4.69, 9.17) is 0 Å². The first kappa shape index (κ1) is 10.3. The highest BCUT2D eigenvalue weighted by molar-refractivity contribution is 9.10.